The topological polar surface area (TPSA) is 60.6 Å². The summed E-state index contributed by atoms with van der Waals surface area (Å²) in [6.45, 7) is 10.0. The normalized spacial score (nSPS) is 11.9. The maximum absolute atomic E-state index is 4.73. The van der Waals surface area contributed by atoms with Gasteiger partial charge in [-0.25, -0.2) is 9.97 Å². The summed E-state index contributed by atoms with van der Waals surface area (Å²) in [5, 5.41) is 0. The van der Waals surface area contributed by atoms with E-state index in [1.54, 1.807) is 0 Å². The lowest BCUT2D eigenvalue weighted by atomic mass is 10.1. The zero-order valence-corrected chi connectivity index (χ0v) is 16.1. The SMILES string of the molecule is Cc1cc2nc(CN(C)Cc3nc4cc(C)c(C)cc4[nH]3)[nH]c2cc1C. The molecule has 0 aliphatic carbocycles. The lowest BCUT2D eigenvalue weighted by molar-refractivity contribution is 0.305. The fourth-order valence-electron chi connectivity index (χ4n) is 3.36. The van der Waals surface area contributed by atoms with Crippen LogP contribution in [0.25, 0.3) is 22.1 Å². The van der Waals surface area contributed by atoms with Gasteiger partial charge in [-0.05, 0) is 81.3 Å². The summed E-state index contributed by atoms with van der Waals surface area (Å²) >= 11 is 0. The van der Waals surface area contributed by atoms with E-state index in [0.717, 1.165) is 46.8 Å². The minimum absolute atomic E-state index is 0.752. The van der Waals surface area contributed by atoms with E-state index in [1.165, 1.54) is 22.3 Å². The molecule has 0 bridgehead atoms. The zero-order valence-electron chi connectivity index (χ0n) is 16.1. The quantitative estimate of drug-likeness (QED) is 0.578. The molecule has 0 aliphatic rings. The van der Waals surface area contributed by atoms with Crippen LogP contribution in [-0.2, 0) is 13.1 Å². The number of hydrogen-bond donors (Lipinski definition) is 2. The van der Waals surface area contributed by atoms with Gasteiger partial charge < -0.3 is 9.97 Å². The number of H-pyrrole nitrogens is 2. The minimum atomic E-state index is 0.752. The predicted molar refractivity (Wildman–Crippen MR) is 106 cm³/mol. The molecule has 26 heavy (non-hydrogen) atoms. The highest BCUT2D eigenvalue weighted by Crippen LogP contribution is 2.19. The Morgan fingerprint density at radius 1 is 0.692 bits per heavy atom. The van der Waals surface area contributed by atoms with Gasteiger partial charge in [0.25, 0.3) is 0 Å². The molecule has 4 rings (SSSR count). The molecule has 0 aliphatic heterocycles. The summed E-state index contributed by atoms with van der Waals surface area (Å²) in [7, 11) is 2.09. The third kappa shape index (κ3) is 3.10. The van der Waals surface area contributed by atoms with E-state index in [2.05, 4.69) is 73.9 Å². The van der Waals surface area contributed by atoms with Crippen LogP contribution in [0.1, 0.15) is 33.9 Å². The third-order valence-corrected chi connectivity index (χ3v) is 5.13. The van der Waals surface area contributed by atoms with Crippen LogP contribution in [-0.4, -0.2) is 31.9 Å². The van der Waals surface area contributed by atoms with E-state index in [0.29, 0.717) is 0 Å². The van der Waals surface area contributed by atoms with Gasteiger partial charge in [-0.15, -0.1) is 0 Å². The number of nitrogens with one attached hydrogen (secondary N) is 2. The number of nitrogens with zero attached hydrogens (tertiary/aromatic N) is 3. The van der Waals surface area contributed by atoms with E-state index >= 15 is 0 Å². The van der Waals surface area contributed by atoms with Crippen LogP contribution in [0, 0.1) is 27.7 Å². The first-order valence-corrected chi connectivity index (χ1v) is 8.99. The van der Waals surface area contributed by atoms with E-state index in [4.69, 9.17) is 9.97 Å². The van der Waals surface area contributed by atoms with Gasteiger partial charge in [-0.3, -0.25) is 4.90 Å². The first-order valence-electron chi connectivity index (χ1n) is 8.99. The summed E-state index contributed by atoms with van der Waals surface area (Å²) in [4.78, 5) is 18.6. The number of hydrogen-bond acceptors (Lipinski definition) is 3. The number of fused-ring (bicyclic) bond motifs is 2. The second kappa shape index (κ2) is 6.25. The van der Waals surface area contributed by atoms with Crippen LogP contribution in [0.2, 0.25) is 0 Å². The number of aromatic nitrogens is 4. The molecule has 4 aromatic rings. The molecule has 0 saturated carbocycles. The van der Waals surface area contributed by atoms with Crippen LogP contribution >= 0.6 is 0 Å². The summed E-state index contributed by atoms with van der Waals surface area (Å²) in [6, 6.07) is 8.64. The Kier molecular flexibility index (Phi) is 4.04. The molecule has 0 fully saturated rings. The molecule has 0 radical (unpaired) electrons. The number of benzene rings is 2. The van der Waals surface area contributed by atoms with Crippen molar-refractivity contribution in [3.8, 4) is 0 Å². The van der Waals surface area contributed by atoms with Gasteiger partial charge >= 0.3 is 0 Å². The fourth-order valence-corrected chi connectivity index (χ4v) is 3.36. The second-order valence-electron chi connectivity index (χ2n) is 7.45. The highest BCUT2D eigenvalue weighted by Gasteiger charge is 2.11. The molecular weight excluding hydrogens is 322 g/mol. The van der Waals surface area contributed by atoms with Crippen molar-refractivity contribution in [1.82, 2.24) is 24.8 Å². The van der Waals surface area contributed by atoms with Gasteiger partial charge in [0.1, 0.15) is 11.6 Å². The number of aromatic amines is 2. The fraction of sp³-hybridized carbons (Fsp3) is 0.333. The van der Waals surface area contributed by atoms with E-state index in [-0.39, 0.29) is 0 Å². The van der Waals surface area contributed by atoms with Crippen molar-refractivity contribution in [2.45, 2.75) is 40.8 Å². The smallest absolute Gasteiger partial charge is 0.121 e. The van der Waals surface area contributed by atoms with Gasteiger partial charge in [0.15, 0.2) is 0 Å². The first kappa shape index (κ1) is 16.8. The van der Waals surface area contributed by atoms with Gasteiger partial charge in [0.05, 0.1) is 35.2 Å². The zero-order chi connectivity index (χ0) is 18.4. The van der Waals surface area contributed by atoms with Crippen molar-refractivity contribution in [1.29, 1.82) is 0 Å². The summed E-state index contributed by atoms with van der Waals surface area (Å²) in [5.41, 5.74) is 9.39. The Bertz CT molecular complexity index is 937. The summed E-state index contributed by atoms with van der Waals surface area (Å²) < 4.78 is 0. The molecule has 2 heterocycles. The molecular formula is C21H25N5. The summed E-state index contributed by atoms with van der Waals surface area (Å²) in [6.07, 6.45) is 0. The van der Waals surface area contributed by atoms with Crippen LogP contribution in [0.5, 0.6) is 0 Å². The highest BCUT2D eigenvalue weighted by atomic mass is 15.1. The van der Waals surface area contributed by atoms with Crippen molar-refractivity contribution in [3.63, 3.8) is 0 Å². The highest BCUT2D eigenvalue weighted by molar-refractivity contribution is 5.77. The van der Waals surface area contributed by atoms with Crippen molar-refractivity contribution in [2.75, 3.05) is 7.05 Å². The Labute approximate surface area is 153 Å². The van der Waals surface area contributed by atoms with Crippen molar-refractivity contribution >= 4 is 22.1 Å². The second-order valence-corrected chi connectivity index (χ2v) is 7.45. The standard InChI is InChI=1S/C21H25N5/c1-12-6-16-17(7-13(12)2)23-20(22-16)10-26(5)11-21-24-18-8-14(3)15(4)9-19(18)25-21/h6-9H,10-11H2,1-5H3,(H,22,23)(H,24,25). The van der Waals surface area contributed by atoms with E-state index < -0.39 is 0 Å². The van der Waals surface area contributed by atoms with Crippen molar-refractivity contribution in [2.24, 2.45) is 0 Å². The van der Waals surface area contributed by atoms with Crippen LogP contribution in [0.15, 0.2) is 24.3 Å². The Hall–Kier alpha value is -2.66. The van der Waals surface area contributed by atoms with Crippen LogP contribution < -0.4 is 0 Å². The molecule has 5 nitrogen and oxygen atoms in total. The molecule has 134 valence electrons. The van der Waals surface area contributed by atoms with Gasteiger partial charge in [0.2, 0.25) is 0 Å². The maximum Gasteiger partial charge on any atom is 0.121 e. The van der Waals surface area contributed by atoms with E-state index in [1.807, 2.05) is 0 Å². The minimum Gasteiger partial charge on any atom is -0.341 e. The lowest BCUT2D eigenvalue weighted by Crippen LogP contribution is -2.18. The Morgan fingerprint density at radius 3 is 1.50 bits per heavy atom. The number of rotatable bonds is 4. The number of aryl methyl sites for hydroxylation is 4. The molecule has 2 aromatic carbocycles. The molecule has 0 saturated heterocycles. The largest absolute Gasteiger partial charge is 0.341 e. The Morgan fingerprint density at radius 2 is 1.08 bits per heavy atom. The van der Waals surface area contributed by atoms with E-state index in [9.17, 15) is 0 Å². The van der Waals surface area contributed by atoms with Gasteiger partial charge in [-0.2, -0.15) is 0 Å². The predicted octanol–water partition coefficient (Wildman–Crippen LogP) is 4.30. The maximum atomic E-state index is 4.73. The third-order valence-electron chi connectivity index (χ3n) is 5.13. The molecule has 0 atom stereocenters. The van der Waals surface area contributed by atoms with Crippen LogP contribution in [0.4, 0.5) is 0 Å². The van der Waals surface area contributed by atoms with Crippen molar-refractivity contribution < 1.29 is 0 Å². The molecule has 0 unspecified atom stereocenters. The van der Waals surface area contributed by atoms with Gasteiger partial charge in [0, 0.05) is 0 Å². The van der Waals surface area contributed by atoms with Crippen molar-refractivity contribution in [3.05, 3.63) is 58.2 Å². The molecule has 0 amide bonds. The molecule has 5 heteroatoms. The summed E-state index contributed by atoms with van der Waals surface area (Å²) in [5.74, 6) is 1.96. The van der Waals surface area contributed by atoms with Gasteiger partial charge in [-0.1, -0.05) is 0 Å². The Balaban J connectivity index is 1.52. The molecule has 2 N–H and O–H groups in total. The average Bonchev–Trinajstić information content (AvgIpc) is 3.10. The number of imidazole rings is 2. The first-order chi connectivity index (χ1) is 12.4. The lowest BCUT2D eigenvalue weighted by Gasteiger charge is -2.12. The molecule has 2 aromatic heterocycles. The van der Waals surface area contributed by atoms with Crippen LogP contribution in [0.3, 0.4) is 0 Å². The average molecular weight is 347 g/mol. The molecule has 0 spiro atoms. The monoisotopic (exact) mass is 347 g/mol.